The van der Waals surface area contributed by atoms with Crippen LogP contribution in [0, 0.1) is 0 Å². The number of halogens is 1. The molecule has 2 nitrogen and oxygen atoms in total. The third-order valence-corrected chi connectivity index (χ3v) is 1.44. The van der Waals surface area contributed by atoms with Crippen LogP contribution >= 0.6 is 0 Å². The molecule has 0 radical (unpaired) electrons. The molecule has 1 N–H and O–H groups in total. The highest BCUT2D eigenvalue weighted by atomic mass is 19.1. The fourth-order valence-electron chi connectivity index (χ4n) is 0.510. The maximum Gasteiger partial charge on any atom is 0.212 e. The van der Waals surface area contributed by atoms with Crippen molar-refractivity contribution < 1.29 is 4.39 Å². The highest BCUT2D eigenvalue weighted by Gasteiger charge is 2.00. The monoisotopic (exact) mass is 144 g/mol. The van der Waals surface area contributed by atoms with Gasteiger partial charge in [-0.25, -0.2) is 0 Å². The van der Waals surface area contributed by atoms with Gasteiger partial charge in [0.1, 0.15) is 0 Å². The first-order valence-electron chi connectivity index (χ1n) is 3.11. The summed E-state index contributed by atoms with van der Waals surface area (Å²) in [5.74, 6) is -0.410. The summed E-state index contributed by atoms with van der Waals surface area (Å²) >= 11 is 0. The standard InChI is InChI=1S/C7H13FN2/c1-5(6(2)9-3)7(8)10-4/h9H,1-4H3. The van der Waals surface area contributed by atoms with Crippen LogP contribution in [0.5, 0.6) is 0 Å². The molecule has 0 spiro atoms. The summed E-state index contributed by atoms with van der Waals surface area (Å²) in [4.78, 5) is 3.41. The van der Waals surface area contributed by atoms with Gasteiger partial charge in [0, 0.05) is 25.4 Å². The van der Waals surface area contributed by atoms with Crippen molar-refractivity contribution in [2.45, 2.75) is 13.8 Å². The molecule has 0 aromatic heterocycles. The molecule has 0 amide bonds. The van der Waals surface area contributed by atoms with Gasteiger partial charge in [0.2, 0.25) is 5.97 Å². The van der Waals surface area contributed by atoms with E-state index in [9.17, 15) is 4.39 Å². The second-order valence-electron chi connectivity index (χ2n) is 2.01. The van der Waals surface area contributed by atoms with Crippen LogP contribution in [0.2, 0.25) is 0 Å². The van der Waals surface area contributed by atoms with E-state index in [-0.39, 0.29) is 0 Å². The summed E-state index contributed by atoms with van der Waals surface area (Å²) in [5, 5.41) is 2.84. The van der Waals surface area contributed by atoms with Gasteiger partial charge in [-0.2, -0.15) is 4.39 Å². The van der Waals surface area contributed by atoms with E-state index < -0.39 is 5.97 Å². The Labute approximate surface area is 60.9 Å². The van der Waals surface area contributed by atoms with Crippen molar-refractivity contribution in [1.82, 2.24) is 5.32 Å². The molecule has 0 aliphatic heterocycles. The summed E-state index contributed by atoms with van der Waals surface area (Å²) in [5.41, 5.74) is 1.37. The Morgan fingerprint density at radius 2 is 1.90 bits per heavy atom. The van der Waals surface area contributed by atoms with Gasteiger partial charge < -0.3 is 5.32 Å². The summed E-state index contributed by atoms with van der Waals surface area (Å²) in [6, 6.07) is 0. The smallest absolute Gasteiger partial charge is 0.212 e. The molecule has 58 valence electrons. The lowest BCUT2D eigenvalue weighted by molar-refractivity contribution is 0.792. The lowest BCUT2D eigenvalue weighted by atomic mass is 10.2. The molecular formula is C7H13FN2. The summed E-state index contributed by atoms with van der Waals surface area (Å²) < 4.78 is 12.6. The second-order valence-corrected chi connectivity index (χ2v) is 2.01. The highest BCUT2D eigenvalue weighted by molar-refractivity contribution is 5.92. The van der Waals surface area contributed by atoms with E-state index in [4.69, 9.17) is 0 Å². The third kappa shape index (κ3) is 2.17. The fraction of sp³-hybridized carbons (Fsp3) is 0.571. The van der Waals surface area contributed by atoms with Crippen molar-refractivity contribution >= 4 is 5.97 Å². The Balaban J connectivity index is 4.46. The summed E-state index contributed by atoms with van der Waals surface area (Å²) in [7, 11) is 3.18. The molecule has 3 heteroatoms. The van der Waals surface area contributed by atoms with Crippen molar-refractivity contribution in [3.05, 3.63) is 11.3 Å². The topological polar surface area (TPSA) is 24.4 Å². The van der Waals surface area contributed by atoms with Gasteiger partial charge in [0.05, 0.1) is 0 Å². The average Bonchev–Trinajstić information content (AvgIpc) is 2.00. The van der Waals surface area contributed by atoms with Crippen LogP contribution in [0.15, 0.2) is 16.3 Å². The van der Waals surface area contributed by atoms with Gasteiger partial charge in [-0.3, -0.25) is 4.99 Å². The van der Waals surface area contributed by atoms with Crippen LogP contribution in [0.4, 0.5) is 4.39 Å². The molecule has 0 atom stereocenters. The Morgan fingerprint density at radius 3 is 2.20 bits per heavy atom. The van der Waals surface area contributed by atoms with Crippen molar-refractivity contribution in [3.8, 4) is 0 Å². The van der Waals surface area contributed by atoms with E-state index >= 15 is 0 Å². The van der Waals surface area contributed by atoms with Gasteiger partial charge >= 0.3 is 0 Å². The molecule has 0 aliphatic rings. The minimum absolute atomic E-state index is 0.410. The molecule has 0 saturated carbocycles. The van der Waals surface area contributed by atoms with Crippen LogP contribution in [0.25, 0.3) is 0 Å². The number of hydrogen-bond donors (Lipinski definition) is 1. The second kappa shape index (κ2) is 4.04. The maximum absolute atomic E-state index is 12.6. The fourth-order valence-corrected chi connectivity index (χ4v) is 0.510. The van der Waals surface area contributed by atoms with E-state index in [1.165, 1.54) is 7.05 Å². The molecule has 10 heavy (non-hydrogen) atoms. The molecule has 0 heterocycles. The van der Waals surface area contributed by atoms with Crippen LogP contribution in [-0.2, 0) is 0 Å². The van der Waals surface area contributed by atoms with E-state index in [1.54, 1.807) is 20.9 Å². The van der Waals surface area contributed by atoms with E-state index in [2.05, 4.69) is 10.3 Å². The molecule has 0 bridgehead atoms. The zero-order valence-electron chi connectivity index (χ0n) is 6.83. The SMILES string of the molecule is CN=C(F)C(C)=C(C)NC. The Hall–Kier alpha value is -0.860. The lowest BCUT2D eigenvalue weighted by Crippen LogP contribution is -2.07. The van der Waals surface area contributed by atoms with E-state index in [0.717, 1.165) is 5.70 Å². The molecular weight excluding hydrogens is 131 g/mol. The summed E-state index contributed by atoms with van der Waals surface area (Å²) in [6.07, 6.45) is 0. The third-order valence-electron chi connectivity index (χ3n) is 1.44. The molecule has 0 aromatic rings. The molecule has 0 saturated heterocycles. The Bertz CT molecular complexity index is 170. The molecule has 0 aliphatic carbocycles. The Morgan fingerprint density at radius 1 is 1.40 bits per heavy atom. The van der Waals surface area contributed by atoms with Crippen molar-refractivity contribution in [2.24, 2.45) is 4.99 Å². The molecule has 0 unspecified atom stereocenters. The van der Waals surface area contributed by atoms with Crippen LogP contribution < -0.4 is 5.32 Å². The van der Waals surface area contributed by atoms with Crippen molar-refractivity contribution in [2.75, 3.05) is 14.1 Å². The number of nitrogens with one attached hydrogen (secondary N) is 1. The first kappa shape index (κ1) is 9.14. The average molecular weight is 144 g/mol. The number of nitrogens with zero attached hydrogens (tertiary/aromatic N) is 1. The molecule has 0 fully saturated rings. The molecule has 0 rings (SSSR count). The Kier molecular flexibility index (Phi) is 3.69. The van der Waals surface area contributed by atoms with Gasteiger partial charge in [-0.05, 0) is 13.8 Å². The van der Waals surface area contributed by atoms with Gasteiger partial charge in [-0.1, -0.05) is 0 Å². The number of rotatable bonds is 2. The molecule has 0 aromatic carbocycles. The highest BCUT2D eigenvalue weighted by Crippen LogP contribution is 2.02. The van der Waals surface area contributed by atoms with Gasteiger partial charge in [0.15, 0.2) is 0 Å². The van der Waals surface area contributed by atoms with Gasteiger partial charge in [0.25, 0.3) is 0 Å². The quantitative estimate of drug-likeness (QED) is 0.583. The van der Waals surface area contributed by atoms with Crippen LogP contribution in [0.1, 0.15) is 13.8 Å². The largest absolute Gasteiger partial charge is 0.391 e. The normalized spacial score (nSPS) is 14.7. The number of hydrogen-bond acceptors (Lipinski definition) is 2. The van der Waals surface area contributed by atoms with Crippen LogP contribution in [-0.4, -0.2) is 20.1 Å². The first-order valence-corrected chi connectivity index (χ1v) is 3.11. The lowest BCUT2D eigenvalue weighted by Gasteiger charge is -2.02. The van der Waals surface area contributed by atoms with Crippen LogP contribution in [0.3, 0.4) is 0 Å². The summed E-state index contributed by atoms with van der Waals surface area (Å²) in [6.45, 7) is 3.49. The number of aliphatic imine (C=N–C) groups is 1. The minimum Gasteiger partial charge on any atom is -0.391 e. The predicted molar refractivity (Wildman–Crippen MR) is 41.9 cm³/mol. The maximum atomic E-state index is 12.6. The zero-order valence-corrected chi connectivity index (χ0v) is 6.83. The van der Waals surface area contributed by atoms with E-state index in [1.807, 2.05) is 0 Å². The van der Waals surface area contributed by atoms with Gasteiger partial charge in [-0.15, -0.1) is 0 Å². The van der Waals surface area contributed by atoms with Crippen molar-refractivity contribution in [1.29, 1.82) is 0 Å². The van der Waals surface area contributed by atoms with Crippen molar-refractivity contribution in [3.63, 3.8) is 0 Å². The van der Waals surface area contributed by atoms with E-state index in [0.29, 0.717) is 5.57 Å². The predicted octanol–water partition coefficient (Wildman–Crippen LogP) is 1.50. The minimum atomic E-state index is -0.410. The number of allylic oxidation sites excluding steroid dienone is 2. The first-order chi connectivity index (χ1) is 4.63. The zero-order chi connectivity index (χ0) is 8.15.